The van der Waals surface area contributed by atoms with Crippen molar-refractivity contribution in [2.24, 2.45) is 0 Å². The smallest absolute Gasteiger partial charge is 0.251 e. The molecule has 0 aromatic heterocycles. The van der Waals surface area contributed by atoms with Gasteiger partial charge in [0, 0.05) is 18.0 Å². The molecule has 0 fully saturated rings. The molecule has 0 bridgehead atoms. The minimum Gasteiger partial charge on any atom is -0.506 e. The van der Waals surface area contributed by atoms with E-state index in [1.165, 1.54) is 18.2 Å². The zero-order chi connectivity index (χ0) is 14.5. The number of phenolic OH excluding ortho intramolecular Hbond substituents is 1. The van der Waals surface area contributed by atoms with Crippen molar-refractivity contribution >= 4 is 29.1 Å². The lowest BCUT2D eigenvalue weighted by atomic mass is 10.1. The number of alkyl halides is 1. The highest BCUT2D eigenvalue weighted by Gasteiger charge is 2.08. The van der Waals surface area contributed by atoms with Crippen LogP contribution in [-0.4, -0.2) is 11.0 Å². The molecule has 0 heterocycles. The summed E-state index contributed by atoms with van der Waals surface area (Å²) in [5, 5.41) is 12.3. The van der Waals surface area contributed by atoms with Crippen molar-refractivity contribution in [3.05, 3.63) is 64.2 Å². The van der Waals surface area contributed by atoms with Crippen LogP contribution in [0.2, 0.25) is 5.02 Å². The van der Waals surface area contributed by atoms with Crippen LogP contribution in [0.5, 0.6) is 5.75 Å². The first-order valence-electron chi connectivity index (χ1n) is 6.00. The van der Waals surface area contributed by atoms with Gasteiger partial charge in [0.15, 0.2) is 0 Å². The Balaban J connectivity index is 2.02. The molecule has 2 aromatic rings. The fourth-order valence-electron chi connectivity index (χ4n) is 1.76. The number of aromatic hydroxyl groups is 1. The predicted molar refractivity (Wildman–Crippen MR) is 80.3 cm³/mol. The molecule has 5 heteroatoms. The Bertz CT molecular complexity index is 629. The molecule has 0 aliphatic rings. The minimum absolute atomic E-state index is 0.0435. The highest BCUT2D eigenvalue weighted by atomic mass is 35.5. The third-order valence-electron chi connectivity index (χ3n) is 2.81. The number of amides is 1. The largest absolute Gasteiger partial charge is 0.506 e. The Kier molecular flexibility index (Phi) is 4.88. The first-order valence-corrected chi connectivity index (χ1v) is 6.92. The van der Waals surface area contributed by atoms with Gasteiger partial charge in [0.1, 0.15) is 5.75 Å². The lowest BCUT2D eigenvalue weighted by Crippen LogP contribution is -2.22. The lowest BCUT2D eigenvalue weighted by molar-refractivity contribution is 0.0951. The molecule has 0 atom stereocenters. The lowest BCUT2D eigenvalue weighted by Gasteiger charge is -2.07. The number of hydrogen-bond acceptors (Lipinski definition) is 2. The van der Waals surface area contributed by atoms with E-state index in [9.17, 15) is 9.90 Å². The Morgan fingerprint density at radius 1 is 1.15 bits per heavy atom. The molecule has 104 valence electrons. The topological polar surface area (TPSA) is 49.3 Å². The van der Waals surface area contributed by atoms with Crippen LogP contribution in [0.25, 0.3) is 0 Å². The molecule has 0 saturated carbocycles. The number of carbonyl (C=O) groups excluding carboxylic acids is 1. The second-order valence-corrected chi connectivity index (χ2v) is 4.98. The van der Waals surface area contributed by atoms with Gasteiger partial charge in [0.05, 0.1) is 5.02 Å². The van der Waals surface area contributed by atoms with Gasteiger partial charge in [-0.05, 0) is 29.3 Å². The van der Waals surface area contributed by atoms with Crippen LogP contribution < -0.4 is 5.32 Å². The zero-order valence-corrected chi connectivity index (χ0v) is 12.1. The van der Waals surface area contributed by atoms with Crippen molar-refractivity contribution in [2.75, 3.05) is 0 Å². The molecule has 0 saturated heterocycles. The van der Waals surface area contributed by atoms with Crippen LogP contribution in [0, 0.1) is 0 Å². The van der Waals surface area contributed by atoms with Crippen molar-refractivity contribution < 1.29 is 9.90 Å². The molecular weight excluding hydrogens is 297 g/mol. The van der Waals surface area contributed by atoms with Crippen LogP contribution in [0.3, 0.4) is 0 Å². The van der Waals surface area contributed by atoms with Crippen molar-refractivity contribution in [1.29, 1.82) is 0 Å². The van der Waals surface area contributed by atoms with Crippen molar-refractivity contribution in [3.63, 3.8) is 0 Å². The SMILES string of the molecule is O=C(NCc1cccc(CCl)c1)c1ccc(O)c(Cl)c1. The maximum Gasteiger partial charge on any atom is 0.251 e. The summed E-state index contributed by atoms with van der Waals surface area (Å²) >= 11 is 11.5. The molecule has 3 nitrogen and oxygen atoms in total. The van der Waals surface area contributed by atoms with Gasteiger partial charge >= 0.3 is 0 Å². The molecule has 2 aromatic carbocycles. The number of benzene rings is 2. The summed E-state index contributed by atoms with van der Waals surface area (Å²) in [4.78, 5) is 12.0. The summed E-state index contributed by atoms with van der Waals surface area (Å²) in [7, 11) is 0. The van der Waals surface area contributed by atoms with Crippen molar-refractivity contribution in [3.8, 4) is 5.75 Å². The summed E-state index contributed by atoms with van der Waals surface area (Å²) in [5.74, 6) is 0.149. The predicted octanol–water partition coefficient (Wildman–Crippen LogP) is 3.71. The van der Waals surface area contributed by atoms with Crippen LogP contribution >= 0.6 is 23.2 Å². The molecule has 0 spiro atoms. The molecule has 0 aliphatic heterocycles. The van der Waals surface area contributed by atoms with E-state index in [-0.39, 0.29) is 16.7 Å². The Hall–Kier alpha value is -1.71. The van der Waals surface area contributed by atoms with Crippen molar-refractivity contribution in [1.82, 2.24) is 5.32 Å². The van der Waals surface area contributed by atoms with E-state index in [0.29, 0.717) is 18.0 Å². The summed E-state index contributed by atoms with van der Waals surface area (Å²) in [6.07, 6.45) is 0. The average molecular weight is 310 g/mol. The molecule has 0 aliphatic carbocycles. The Morgan fingerprint density at radius 2 is 1.90 bits per heavy atom. The molecule has 20 heavy (non-hydrogen) atoms. The quantitative estimate of drug-likeness (QED) is 0.846. The van der Waals surface area contributed by atoms with Gasteiger partial charge in [-0.15, -0.1) is 11.6 Å². The van der Waals surface area contributed by atoms with Crippen LogP contribution in [0.15, 0.2) is 42.5 Å². The van der Waals surface area contributed by atoms with E-state index in [1.807, 2.05) is 24.3 Å². The third-order valence-corrected chi connectivity index (χ3v) is 3.42. The number of rotatable bonds is 4. The number of halogens is 2. The average Bonchev–Trinajstić information content (AvgIpc) is 2.47. The van der Waals surface area contributed by atoms with Gasteiger partial charge in [0.25, 0.3) is 5.91 Å². The third kappa shape index (κ3) is 3.65. The normalized spacial score (nSPS) is 10.3. The van der Waals surface area contributed by atoms with E-state index < -0.39 is 0 Å². The van der Waals surface area contributed by atoms with Crippen molar-refractivity contribution in [2.45, 2.75) is 12.4 Å². The van der Waals surface area contributed by atoms with E-state index in [1.54, 1.807) is 0 Å². The monoisotopic (exact) mass is 309 g/mol. The van der Waals surface area contributed by atoms with E-state index in [2.05, 4.69) is 5.32 Å². The highest BCUT2D eigenvalue weighted by Crippen LogP contribution is 2.23. The first-order chi connectivity index (χ1) is 9.60. The van der Waals surface area contributed by atoms with E-state index in [4.69, 9.17) is 23.2 Å². The molecule has 2 N–H and O–H groups in total. The maximum absolute atomic E-state index is 12.0. The summed E-state index contributed by atoms with van der Waals surface area (Å²) in [5.41, 5.74) is 2.38. The minimum atomic E-state index is -0.247. The summed E-state index contributed by atoms with van der Waals surface area (Å²) in [6.45, 7) is 0.405. The highest BCUT2D eigenvalue weighted by molar-refractivity contribution is 6.32. The first kappa shape index (κ1) is 14.7. The van der Waals surface area contributed by atoms with E-state index >= 15 is 0 Å². The summed E-state index contributed by atoms with van der Waals surface area (Å²) < 4.78 is 0. The Morgan fingerprint density at radius 3 is 2.60 bits per heavy atom. The number of hydrogen-bond donors (Lipinski definition) is 2. The molecule has 2 rings (SSSR count). The van der Waals surface area contributed by atoms with Gasteiger partial charge in [-0.2, -0.15) is 0 Å². The maximum atomic E-state index is 12.0. The van der Waals surface area contributed by atoms with Gasteiger partial charge in [-0.25, -0.2) is 0 Å². The molecule has 1 amide bonds. The van der Waals surface area contributed by atoms with E-state index in [0.717, 1.165) is 11.1 Å². The van der Waals surface area contributed by atoms with Crippen LogP contribution in [-0.2, 0) is 12.4 Å². The second kappa shape index (κ2) is 6.64. The second-order valence-electron chi connectivity index (χ2n) is 4.30. The molecular formula is C15H13Cl2NO2. The fourth-order valence-corrected chi connectivity index (χ4v) is 2.10. The van der Waals surface area contributed by atoms with Crippen LogP contribution in [0.4, 0.5) is 0 Å². The van der Waals surface area contributed by atoms with Gasteiger partial charge in [0.2, 0.25) is 0 Å². The standard InChI is InChI=1S/C15H13Cl2NO2/c16-8-10-2-1-3-11(6-10)9-18-15(20)12-4-5-14(19)13(17)7-12/h1-7,19H,8-9H2,(H,18,20). The number of phenols is 1. The number of nitrogens with one attached hydrogen (secondary N) is 1. The summed E-state index contributed by atoms with van der Waals surface area (Å²) in [6, 6.07) is 12.0. The molecule has 0 radical (unpaired) electrons. The van der Waals surface area contributed by atoms with Gasteiger partial charge in [-0.3, -0.25) is 4.79 Å². The van der Waals surface area contributed by atoms with Gasteiger partial charge in [-0.1, -0.05) is 35.9 Å². The Labute approximate surface area is 127 Å². The van der Waals surface area contributed by atoms with Crippen LogP contribution in [0.1, 0.15) is 21.5 Å². The fraction of sp³-hybridized carbons (Fsp3) is 0.133. The number of carbonyl (C=O) groups is 1. The molecule has 0 unspecified atom stereocenters. The van der Waals surface area contributed by atoms with Gasteiger partial charge < -0.3 is 10.4 Å². The zero-order valence-electron chi connectivity index (χ0n) is 10.6.